The largest absolute Gasteiger partial charge is 0.351 e. The molecule has 0 radical (unpaired) electrons. The molecule has 2 N–H and O–H groups in total. The van der Waals surface area contributed by atoms with Crippen LogP contribution in [0.1, 0.15) is 13.8 Å². The first kappa shape index (κ1) is 16.8. The van der Waals surface area contributed by atoms with Gasteiger partial charge in [0.05, 0.1) is 13.2 Å². The molecule has 0 heterocycles. The molecule has 8 heteroatoms. The summed E-state index contributed by atoms with van der Waals surface area (Å²) in [4.78, 5) is 18.2. The minimum Gasteiger partial charge on any atom is -0.321 e. The maximum atomic E-state index is 11.1. The molecule has 0 aromatic heterocycles. The van der Waals surface area contributed by atoms with E-state index in [0.717, 1.165) is 11.6 Å². The van der Waals surface area contributed by atoms with Crippen LogP contribution >= 0.6 is 15.2 Å². The predicted molar refractivity (Wildman–Crippen MR) is 65.7 cm³/mol. The lowest BCUT2D eigenvalue weighted by molar-refractivity contribution is 0.0989. The second-order valence-corrected chi connectivity index (χ2v) is 7.71. The molecular formula is C9H18O6P2. The van der Waals surface area contributed by atoms with E-state index in [4.69, 9.17) is 18.8 Å². The van der Waals surface area contributed by atoms with Crippen LogP contribution in [0.4, 0.5) is 0 Å². The quantitative estimate of drug-likeness (QED) is 0.666. The Bertz CT molecular complexity index is 342. The Morgan fingerprint density at radius 3 is 1.59 bits per heavy atom. The Labute approximate surface area is 101 Å². The fourth-order valence-electron chi connectivity index (χ4n) is 0.682. The van der Waals surface area contributed by atoms with Crippen molar-refractivity contribution >= 4 is 15.2 Å². The van der Waals surface area contributed by atoms with Crippen molar-refractivity contribution in [3.63, 3.8) is 0 Å². The molecule has 17 heavy (non-hydrogen) atoms. The van der Waals surface area contributed by atoms with Crippen LogP contribution in [0, 0.1) is 5.41 Å². The van der Waals surface area contributed by atoms with Crippen molar-refractivity contribution in [1.29, 1.82) is 0 Å². The molecule has 100 valence electrons. The van der Waals surface area contributed by atoms with Gasteiger partial charge in [0.2, 0.25) is 0 Å². The predicted octanol–water partition coefficient (Wildman–Crippen LogP) is 2.70. The van der Waals surface area contributed by atoms with Gasteiger partial charge in [0.25, 0.3) is 0 Å². The molecule has 0 amide bonds. The molecule has 0 fully saturated rings. The molecule has 6 nitrogen and oxygen atoms in total. The van der Waals surface area contributed by atoms with Gasteiger partial charge in [0.15, 0.2) is 0 Å². The molecule has 0 saturated heterocycles. The van der Waals surface area contributed by atoms with Crippen LogP contribution in [0.15, 0.2) is 24.8 Å². The lowest BCUT2D eigenvalue weighted by Gasteiger charge is -2.25. The highest BCUT2D eigenvalue weighted by Gasteiger charge is 2.27. The van der Waals surface area contributed by atoms with Gasteiger partial charge in [-0.25, -0.2) is 0 Å². The van der Waals surface area contributed by atoms with E-state index >= 15 is 0 Å². The molecule has 0 aliphatic heterocycles. The Kier molecular flexibility index (Phi) is 6.02. The zero-order chi connectivity index (χ0) is 13.7. The van der Waals surface area contributed by atoms with Gasteiger partial charge in [0, 0.05) is 17.0 Å². The topological polar surface area (TPSA) is 93.1 Å². The Morgan fingerprint density at radius 2 is 1.35 bits per heavy atom. The van der Waals surface area contributed by atoms with Gasteiger partial charge in [-0.1, -0.05) is 27.0 Å². The van der Waals surface area contributed by atoms with E-state index in [0.29, 0.717) is 0 Å². The summed E-state index contributed by atoms with van der Waals surface area (Å²) in [5.74, 6) is 1.65. The lowest BCUT2D eigenvalue weighted by Crippen LogP contribution is -2.24. The van der Waals surface area contributed by atoms with E-state index in [1.54, 1.807) is 13.8 Å². The molecule has 2 atom stereocenters. The Hall–Kier alpha value is -0.220. The van der Waals surface area contributed by atoms with Crippen LogP contribution in [0.2, 0.25) is 0 Å². The zero-order valence-corrected chi connectivity index (χ0v) is 11.7. The molecule has 0 aromatic carbocycles. The molecule has 0 bridgehead atoms. The third-order valence-corrected chi connectivity index (χ3v) is 3.66. The second kappa shape index (κ2) is 6.10. The van der Waals surface area contributed by atoms with Gasteiger partial charge in [-0.05, 0) is 0 Å². The third-order valence-electron chi connectivity index (χ3n) is 1.74. The van der Waals surface area contributed by atoms with Crippen molar-refractivity contribution in [3.05, 3.63) is 24.8 Å². The molecule has 0 aromatic rings. The van der Waals surface area contributed by atoms with Gasteiger partial charge in [-0.15, -0.1) is 0 Å². The summed E-state index contributed by atoms with van der Waals surface area (Å²) in [5, 5.41) is 0. The highest BCUT2D eigenvalue weighted by molar-refractivity contribution is 7.56. The maximum Gasteiger partial charge on any atom is 0.351 e. The van der Waals surface area contributed by atoms with Crippen LogP contribution < -0.4 is 0 Å². The van der Waals surface area contributed by atoms with Crippen LogP contribution in [0.5, 0.6) is 0 Å². The second-order valence-electron chi connectivity index (χ2n) is 4.20. The van der Waals surface area contributed by atoms with Crippen molar-refractivity contribution in [2.24, 2.45) is 5.41 Å². The third kappa shape index (κ3) is 7.66. The first-order valence-electron chi connectivity index (χ1n) is 4.75. The fraction of sp³-hybridized carbons (Fsp3) is 0.556. The molecular weight excluding hydrogens is 266 g/mol. The minimum absolute atomic E-state index is 0.107. The molecule has 0 rings (SSSR count). The van der Waals surface area contributed by atoms with E-state index in [1.807, 2.05) is 0 Å². The highest BCUT2D eigenvalue weighted by Crippen LogP contribution is 2.46. The van der Waals surface area contributed by atoms with Crippen LogP contribution in [-0.4, -0.2) is 23.0 Å². The van der Waals surface area contributed by atoms with Crippen molar-refractivity contribution in [2.45, 2.75) is 13.8 Å². The molecule has 0 spiro atoms. The summed E-state index contributed by atoms with van der Waals surface area (Å²) in [6.45, 7) is 9.45. The van der Waals surface area contributed by atoms with Gasteiger partial charge in [-0.2, -0.15) is 0 Å². The lowest BCUT2D eigenvalue weighted by atomic mass is 9.97. The highest BCUT2D eigenvalue weighted by atomic mass is 31.2. The van der Waals surface area contributed by atoms with E-state index in [2.05, 4.69) is 13.2 Å². The number of rotatable bonds is 8. The number of hydrogen-bond donors (Lipinski definition) is 2. The summed E-state index contributed by atoms with van der Waals surface area (Å²) >= 11 is 0. The summed E-state index contributed by atoms with van der Waals surface area (Å²) in [6, 6.07) is 0. The molecule has 0 aliphatic carbocycles. The van der Waals surface area contributed by atoms with Crippen molar-refractivity contribution in [2.75, 3.05) is 13.2 Å². The van der Waals surface area contributed by atoms with Crippen LogP contribution in [-0.2, 0) is 18.2 Å². The van der Waals surface area contributed by atoms with E-state index in [9.17, 15) is 9.13 Å². The average molecular weight is 284 g/mol. The van der Waals surface area contributed by atoms with Crippen LogP contribution in [0.3, 0.4) is 0 Å². The van der Waals surface area contributed by atoms with E-state index < -0.39 is 20.6 Å². The standard InChI is InChI=1S/C9H18O6P2/c1-5-16(10,11)14-7-9(3,4)8-15-17(12,13)6-2/h5-6H,1-2,7-8H2,3-4H3,(H,10,11)(H,12,13). The average Bonchev–Trinajstić information content (AvgIpc) is 2.25. The zero-order valence-electron chi connectivity index (χ0n) is 9.90. The van der Waals surface area contributed by atoms with E-state index in [-0.39, 0.29) is 13.2 Å². The molecule has 2 unspecified atom stereocenters. The summed E-state index contributed by atoms with van der Waals surface area (Å²) < 4.78 is 31.8. The summed E-state index contributed by atoms with van der Waals surface area (Å²) in [7, 11) is -7.57. The van der Waals surface area contributed by atoms with Gasteiger partial charge < -0.3 is 18.8 Å². The van der Waals surface area contributed by atoms with Gasteiger partial charge >= 0.3 is 15.2 Å². The van der Waals surface area contributed by atoms with Crippen LogP contribution in [0.25, 0.3) is 0 Å². The van der Waals surface area contributed by atoms with Gasteiger partial charge in [-0.3, -0.25) is 9.13 Å². The first-order valence-corrected chi connectivity index (χ1v) is 8.04. The van der Waals surface area contributed by atoms with Gasteiger partial charge in [0.1, 0.15) is 0 Å². The smallest absolute Gasteiger partial charge is 0.321 e. The number of hydrogen-bond acceptors (Lipinski definition) is 4. The molecule has 0 aliphatic rings. The SMILES string of the molecule is C=CP(=O)(O)OCC(C)(C)COP(=O)(O)C=C. The maximum absolute atomic E-state index is 11.1. The Morgan fingerprint density at radius 1 is 1.06 bits per heavy atom. The van der Waals surface area contributed by atoms with Crippen molar-refractivity contribution < 1.29 is 28.0 Å². The summed E-state index contributed by atoms with van der Waals surface area (Å²) in [6.07, 6.45) is 0. The van der Waals surface area contributed by atoms with E-state index in [1.165, 1.54) is 0 Å². The monoisotopic (exact) mass is 284 g/mol. The van der Waals surface area contributed by atoms with Crippen molar-refractivity contribution in [1.82, 2.24) is 0 Å². The first-order chi connectivity index (χ1) is 7.54. The minimum atomic E-state index is -3.78. The summed E-state index contributed by atoms with van der Waals surface area (Å²) in [5.41, 5.74) is -0.692. The van der Waals surface area contributed by atoms with Crippen molar-refractivity contribution in [3.8, 4) is 0 Å². The normalized spacial score (nSPS) is 19.1. The Balaban J connectivity index is 4.31. The molecule has 0 saturated carbocycles. The fourth-order valence-corrected chi connectivity index (χ4v) is 1.96.